The number of methoxy groups -OCH3 is 2. The molecule has 0 aromatic heterocycles. The van der Waals surface area contributed by atoms with Crippen LogP contribution in [0.3, 0.4) is 0 Å². The molecule has 1 saturated carbocycles. The van der Waals surface area contributed by atoms with E-state index < -0.39 is 11.7 Å². The summed E-state index contributed by atoms with van der Waals surface area (Å²) in [7, 11) is 3.14. The Morgan fingerprint density at radius 1 is 0.915 bits per heavy atom. The molecule has 248 valence electrons. The van der Waals surface area contributed by atoms with Gasteiger partial charge in [-0.05, 0) is 92.1 Å². The van der Waals surface area contributed by atoms with Crippen LogP contribution in [0.1, 0.15) is 61.5 Å². The molecule has 2 aliphatic rings. The number of amides is 3. The molecule has 1 heterocycles. The summed E-state index contributed by atoms with van der Waals surface area (Å²) in [6.07, 6.45) is 1.86. The first-order valence-electron chi connectivity index (χ1n) is 16.2. The van der Waals surface area contributed by atoms with E-state index in [0.717, 1.165) is 40.7 Å². The molecule has 9 nitrogen and oxygen atoms in total. The van der Waals surface area contributed by atoms with Gasteiger partial charge in [-0.1, -0.05) is 48.5 Å². The number of carbonyl (C=O) groups is 3. The Balaban J connectivity index is 1.50. The molecule has 0 spiro atoms. The minimum Gasteiger partial charge on any atom is -0.497 e. The molecule has 1 fully saturated rings. The monoisotopic (exact) mass is 639 g/mol. The molecule has 1 N–H and O–H groups in total. The lowest BCUT2D eigenvalue weighted by atomic mass is 9.90. The van der Waals surface area contributed by atoms with Crippen molar-refractivity contribution in [2.24, 2.45) is 0 Å². The summed E-state index contributed by atoms with van der Waals surface area (Å²) < 4.78 is 16.3. The summed E-state index contributed by atoms with van der Waals surface area (Å²) in [5, 5.41) is 2.86. The normalized spacial score (nSPS) is 14.9. The van der Waals surface area contributed by atoms with Crippen LogP contribution < -0.4 is 10.1 Å². The Hall–Kier alpha value is -4.63. The highest BCUT2D eigenvalue weighted by Crippen LogP contribution is 2.36. The van der Waals surface area contributed by atoms with Gasteiger partial charge in [-0.2, -0.15) is 0 Å². The zero-order valence-electron chi connectivity index (χ0n) is 28.0. The fourth-order valence-electron chi connectivity index (χ4n) is 5.77. The van der Waals surface area contributed by atoms with Crippen LogP contribution >= 0.6 is 0 Å². The van der Waals surface area contributed by atoms with Crippen molar-refractivity contribution in [3.8, 4) is 16.9 Å². The van der Waals surface area contributed by atoms with Gasteiger partial charge in [0.05, 0.1) is 20.3 Å². The highest BCUT2D eigenvalue weighted by atomic mass is 16.6. The number of ether oxygens (including phenoxy) is 3. The summed E-state index contributed by atoms with van der Waals surface area (Å²) in [6.45, 7) is 7.19. The highest BCUT2D eigenvalue weighted by Gasteiger charge is 2.38. The molecular formula is C38H45N3O6. The standard InChI is InChI=1S/C38H45N3O6/c1-38(2,3)47-37(44)40-18-16-33(29-13-9-12-28(22-29)27-10-7-6-8-11-27)34(25-40)36(43)41(31-14-15-31)24-26-20-30(23-32(21-26)46-5)35(42)39-17-19-45-4/h6-13,20-23,31H,14-19,24-25H2,1-5H3,(H,39,42). The van der Waals surface area contributed by atoms with Crippen molar-refractivity contribution in [3.05, 3.63) is 95.1 Å². The van der Waals surface area contributed by atoms with Gasteiger partial charge >= 0.3 is 6.09 Å². The molecular weight excluding hydrogens is 594 g/mol. The molecule has 1 aliphatic carbocycles. The van der Waals surface area contributed by atoms with Crippen LogP contribution in [0.25, 0.3) is 16.7 Å². The van der Waals surface area contributed by atoms with Crippen LogP contribution in [0, 0.1) is 0 Å². The van der Waals surface area contributed by atoms with E-state index in [1.807, 2.05) is 62.1 Å². The van der Waals surface area contributed by atoms with Gasteiger partial charge in [-0.25, -0.2) is 4.79 Å². The summed E-state index contributed by atoms with van der Waals surface area (Å²) >= 11 is 0. The second kappa shape index (κ2) is 14.9. The summed E-state index contributed by atoms with van der Waals surface area (Å²) in [4.78, 5) is 44.4. The molecule has 0 atom stereocenters. The number of benzene rings is 3. The molecule has 0 saturated heterocycles. The first-order valence-corrected chi connectivity index (χ1v) is 16.2. The van der Waals surface area contributed by atoms with Gasteiger partial charge < -0.3 is 29.3 Å². The lowest BCUT2D eigenvalue weighted by Crippen LogP contribution is -2.44. The quantitative estimate of drug-likeness (QED) is 0.247. The number of carbonyl (C=O) groups excluding carboxylic acids is 3. The predicted octanol–water partition coefficient (Wildman–Crippen LogP) is 6.32. The lowest BCUT2D eigenvalue weighted by Gasteiger charge is -2.34. The van der Waals surface area contributed by atoms with Crippen molar-refractivity contribution < 1.29 is 28.6 Å². The summed E-state index contributed by atoms with van der Waals surface area (Å²) in [5.74, 6) is 0.179. The van der Waals surface area contributed by atoms with Gasteiger partial charge in [0.2, 0.25) is 0 Å². The van der Waals surface area contributed by atoms with Crippen molar-refractivity contribution in [3.63, 3.8) is 0 Å². The van der Waals surface area contributed by atoms with Crippen LogP contribution in [-0.2, 0) is 20.8 Å². The van der Waals surface area contributed by atoms with Crippen molar-refractivity contribution in [2.45, 2.75) is 58.2 Å². The maximum Gasteiger partial charge on any atom is 0.410 e. The maximum absolute atomic E-state index is 14.7. The number of hydrogen-bond acceptors (Lipinski definition) is 6. The maximum atomic E-state index is 14.7. The molecule has 5 rings (SSSR count). The number of nitrogens with one attached hydrogen (secondary N) is 1. The Bertz CT molecular complexity index is 1620. The van der Waals surface area contributed by atoms with Crippen LogP contribution in [-0.4, -0.2) is 79.8 Å². The third-order valence-corrected chi connectivity index (χ3v) is 8.23. The van der Waals surface area contributed by atoms with Crippen LogP contribution in [0.15, 0.2) is 78.4 Å². The smallest absolute Gasteiger partial charge is 0.410 e. The Morgan fingerprint density at radius 2 is 1.64 bits per heavy atom. The summed E-state index contributed by atoms with van der Waals surface area (Å²) in [6, 6.07) is 23.8. The first-order chi connectivity index (χ1) is 22.6. The molecule has 0 unspecified atom stereocenters. The number of rotatable bonds is 11. The lowest BCUT2D eigenvalue weighted by molar-refractivity contribution is -0.128. The zero-order chi connectivity index (χ0) is 33.6. The highest BCUT2D eigenvalue weighted by molar-refractivity contribution is 6.03. The van der Waals surface area contributed by atoms with E-state index in [4.69, 9.17) is 14.2 Å². The minimum atomic E-state index is -0.658. The van der Waals surface area contributed by atoms with E-state index in [0.29, 0.717) is 49.5 Å². The third kappa shape index (κ3) is 8.80. The number of nitrogens with zero attached hydrogens (tertiary/aromatic N) is 2. The van der Waals surface area contributed by atoms with Crippen molar-refractivity contribution >= 4 is 23.5 Å². The minimum absolute atomic E-state index is 0.0639. The predicted molar refractivity (Wildman–Crippen MR) is 182 cm³/mol. The van der Waals surface area contributed by atoms with Gasteiger partial charge in [0.15, 0.2) is 0 Å². The van der Waals surface area contributed by atoms with E-state index >= 15 is 0 Å². The Labute approximate surface area is 277 Å². The average Bonchev–Trinajstić information content (AvgIpc) is 3.92. The van der Waals surface area contributed by atoms with Crippen molar-refractivity contribution in [2.75, 3.05) is 40.5 Å². The Kier molecular flexibility index (Phi) is 10.7. The Morgan fingerprint density at radius 3 is 2.32 bits per heavy atom. The fraction of sp³-hybridized carbons (Fsp3) is 0.395. The topological polar surface area (TPSA) is 97.4 Å². The molecule has 3 amide bonds. The fourth-order valence-corrected chi connectivity index (χ4v) is 5.77. The van der Waals surface area contributed by atoms with Gasteiger partial charge in [-0.15, -0.1) is 0 Å². The van der Waals surface area contributed by atoms with E-state index in [1.165, 1.54) is 0 Å². The largest absolute Gasteiger partial charge is 0.497 e. The molecule has 47 heavy (non-hydrogen) atoms. The molecule has 9 heteroatoms. The van der Waals surface area contributed by atoms with Gasteiger partial charge in [-0.3, -0.25) is 9.59 Å². The van der Waals surface area contributed by atoms with Crippen LogP contribution in [0.2, 0.25) is 0 Å². The van der Waals surface area contributed by atoms with Gasteiger partial charge in [0.1, 0.15) is 11.4 Å². The first kappa shape index (κ1) is 33.7. The SMILES string of the molecule is COCCNC(=O)c1cc(CN(C(=O)C2=C(c3cccc(-c4ccccc4)c3)CCN(C(=O)OC(C)(C)C)C2)C2CC2)cc(OC)c1. The van der Waals surface area contributed by atoms with E-state index in [-0.39, 0.29) is 24.4 Å². The van der Waals surface area contributed by atoms with Crippen LogP contribution in [0.4, 0.5) is 4.79 Å². The van der Waals surface area contributed by atoms with Crippen molar-refractivity contribution in [1.82, 2.24) is 15.1 Å². The molecule has 3 aromatic rings. The van der Waals surface area contributed by atoms with Gasteiger partial charge in [0, 0.05) is 43.9 Å². The number of hydrogen-bond donors (Lipinski definition) is 1. The van der Waals surface area contributed by atoms with Crippen molar-refractivity contribution in [1.29, 1.82) is 0 Å². The van der Waals surface area contributed by atoms with E-state index in [2.05, 4.69) is 29.6 Å². The zero-order valence-corrected chi connectivity index (χ0v) is 28.0. The average molecular weight is 640 g/mol. The second-order valence-electron chi connectivity index (χ2n) is 13.0. The summed E-state index contributed by atoms with van der Waals surface area (Å²) in [5.41, 5.74) is 5.21. The third-order valence-electron chi connectivity index (χ3n) is 8.23. The van der Waals surface area contributed by atoms with Gasteiger partial charge in [0.25, 0.3) is 11.8 Å². The molecule has 0 radical (unpaired) electrons. The molecule has 0 bridgehead atoms. The van der Waals surface area contributed by atoms with E-state index in [9.17, 15) is 14.4 Å². The second-order valence-corrected chi connectivity index (χ2v) is 13.0. The molecule has 3 aromatic carbocycles. The van der Waals surface area contributed by atoms with E-state index in [1.54, 1.807) is 31.3 Å². The molecule has 1 aliphatic heterocycles. The van der Waals surface area contributed by atoms with Crippen LogP contribution in [0.5, 0.6) is 5.75 Å².